The van der Waals surface area contributed by atoms with Crippen LogP contribution in [0.2, 0.25) is 0 Å². The van der Waals surface area contributed by atoms with Gasteiger partial charge in [-0.2, -0.15) is 4.98 Å². The first-order valence-electron chi connectivity index (χ1n) is 8.16. The number of thiophene rings is 1. The Morgan fingerprint density at radius 1 is 1.35 bits per heavy atom. The molecule has 0 aromatic carbocycles. The van der Waals surface area contributed by atoms with Gasteiger partial charge in [-0.3, -0.25) is 4.90 Å². The average molecular weight is 398 g/mol. The zero-order chi connectivity index (χ0) is 15.8. The van der Waals surface area contributed by atoms with E-state index in [-0.39, 0.29) is 6.61 Å². The summed E-state index contributed by atoms with van der Waals surface area (Å²) in [6, 6.07) is 4.54. The van der Waals surface area contributed by atoms with E-state index < -0.39 is 0 Å². The molecule has 2 aromatic rings. The molecule has 2 heterocycles. The first-order chi connectivity index (χ1) is 11.2. The van der Waals surface area contributed by atoms with Gasteiger partial charge in [0.1, 0.15) is 0 Å². The van der Waals surface area contributed by atoms with Crippen LogP contribution in [0.3, 0.4) is 0 Å². The number of hydrogen-bond acceptors (Lipinski definition) is 6. The van der Waals surface area contributed by atoms with Crippen LogP contribution >= 0.6 is 27.3 Å². The molecular formula is C16H20BrN3O2S. The van der Waals surface area contributed by atoms with Crippen molar-refractivity contribution in [2.45, 2.75) is 38.3 Å². The van der Waals surface area contributed by atoms with Gasteiger partial charge < -0.3 is 9.63 Å². The van der Waals surface area contributed by atoms with Crippen molar-refractivity contribution >= 4 is 27.3 Å². The molecule has 2 saturated carbocycles. The van der Waals surface area contributed by atoms with Gasteiger partial charge in [-0.25, -0.2) is 0 Å². The van der Waals surface area contributed by atoms with Crippen molar-refractivity contribution in [3.63, 3.8) is 0 Å². The van der Waals surface area contributed by atoms with Gasteiger partial charge in [0.2, 0.25) is 11.7 Å². The van der Waals surface area contributed by atoms with E-state index in [1.54, 1.807) is 11.3 Å². The molecule has 5 nitrogen and oxygen atoms in total. The summed E-state index contributed by atoms with van der Waals surface area (Å²) in [6.07, 6.45) is 5.32. The van der Waals surface area contributed by atoms with Gasteiger partial charge in [0, 0.05) is 12.6 Å². The fourth-order valence-corrected chi connectivity index (χ4v) is 5.49. The number of nitrogens with zero attached hydrogens (tertiary/aromatic N) is 3. The molecule has 0 aliphatic heterocycles. The molecule has 7 heteroatoms. The highest BCUT2D eigenvalue weighted by Gasteiger charge is 2.42. The van der Waals surface area contributed by atoms with Gasteiger partial charge in [0.25, 0.3) is 0 Å². The fourth-order valence-electron chi connectivity index (χ4n) is 4.18. The van der Waals surface area contributed by atoms with Crippen molar-refractivity contribution < 1.29 is 9.63 Å². The maximum Gasteiger partial charge on any atom is 0.241 e. The Hall–Kier alpha value is -0.760. The summed E-state index contributed by atoms with van der Waals surface area (Å²) in [7, 11) is 0. The molecule has 0 amide bonds. The zero-order valence-electron chi connectivity index (χ0n) is 12.8. The molecular weight excluding hydrogens is 378 g/mol. The highest BCUT2D eigenvalue weighted by Crippen LogP contribution is 2.46. The molecule has 1 N–H and O–H groups in total. The van der Waals surface area contributed by atoms with E-state index in [0.29, 0.717) is 30.8 Å². The minimum atomic E-state index is 0.173. The number of aliphatic hydroxyl groups excluding tert-OH is 1. The van der Waals surface area contributed by atoms with Crippen molar-refractivity contribution in [1.29, 1.82) is 0 Å². The standard InChI is InChI=1S/C16H20BrN3O2S/c17-14-4-3-13(23-14)16-18-15(22-19-16)9-20(5-6-21)12-8-10-1-2-11(12)7-10/h3-4,10-12,21H,1-2,5-9H2/t10-,11-,12-/m0/s1. The van der Waals surface area contributed by atoms with E-state index in [9.17, 15) is 5.11 Å². The summed E-state index contributed by atoms with van der Waals surface area (Å²) in [6.45, 7) is 1.48. The van der Waals surface area contributed by atoms with Gasteiger partial charge >= 0.3 is 0 Å². The maximum atomic E-state index is 9.42. The van der Waals surface area contributed by atoms with Gasteiger partial charge in [0.05, 0.1) is 21.8 Å². The fraction of sp³-hybridized carbons (Fsp3) is 0.625. The number of fused-ring (bicyclic) bond motifs is 2. The third-order valence-electron chi connectivity index (χ3n) is 5.16. The summed E-state index contributed by atoms with van der Waals surface area (Å²) in [4.78, 5) is 7.88. The van der Waals surface area contributed by atoms with Gasteiger partial charge in [0.15, 0.2) is 0 Å². The molecule has 2 aromatic heterocycles. The SMILES string of the molecule is OCCN(Cc1nc(-c2ccc(Br)s2)no1)[C@H]1C[C@H]2CC[C@H]1C2. The van der Waals surface area contributed by atoms with E-state index >= 15 is 0 Å². The Balaban J connectivity index is 1.48. The van der Waals surface area contributed by atoms with Gasteiger partial charge in [-0.15, -0.1) is 11.3 Å². The summed E-state index contributed by atoms with van der Waals surface area (Å²) in [5.41, 5.74) is 0. The highest BCUT2D eigenvalue weighted by atomic mass is 79.9. The maximum absolute atomic E-state index is 9.42. The Bertz CT molecular complexity index is 674. The Morgan fingerprint density at radius 2 is 2.26 bits per heavy atom. The Labute approximate surface area is 147 Å². The predicted molar refractivity (Wildman–Crippen MR) is 92.0 cm³/mol. The first kappa shape index (κ1) is 15.7. The lowest BCUT2D eigenvalue weighted by Gasteiger charge is -2.33. The van der Waals surface area contributed by atoms with Crippen LogP contribution in [-0.2, 0) is 6.54 Å². The molecule has 0 unspecified atom stereocenters. The van der Waals surface area contributed by atoms with Crippen LogP contribution in [-0.4, -0.2) is 39.3 Å². The number of rotatable bonds is 6. The molecule has 124 valence electrons. The molecule has 0 saturated heterocycles. The van der Waals surface area contributed by atoms with Crippen LogP contribution in [0.15, 0.2) is 20.4 Å². The molecule has 2 aliphatic carbocycles. The highest BCUT2D eigenvalue weighted by molar-refractivity contribution is 9.11. The van der Waals surface area contributed by atoms with Gasteiger partial charge in [-0.05, 0) is 59.2 Å². The summed E-state index contributed by atoms with van der Waals surface area (Å²) >= 11 is 5.05. The average Bonchev–Trinajstić information content (AvgIpc) is 3.30. The van der Waals surface area contributed by atoms with Crippen molar-refractivity contribution in [2.75, 3.05) is 13.2 Å². The van der Waals surface area contributed by atoms with Gasteiger partial charge in [-0.1, -0.05) is 11.6 Å². The van der Waals surface area contributed by atoms with E-state index in [4.69, 9.17) is 4.52 Å². The van der Waals surface area contributed by atoms with Crippen LogP contribution in [0, 0.1) is 11.8 Å². The monoisotopic (exact) mass is 397 g/mol. The second-order valence-corrected chi connectivity index (χ2v) is 9.01. The molecule has 2 aliphatic rings. The van der Waals surface area contributed by atoms with E-state index in [1.165, 1.54) is 25.7 Å². The van der Waals surface area contributed by atoms with E-state index in [2.05, 4.69) is 31.0 Å². The minimum absolute atomic E-state index is 0.173. The number of halogens is 1. The number of aromatic nitrogens is 2. The smallest absolute Gasteiger partial charge is 0.241 e. The lowest BCUT2D eigenvalue weighted by molar-refractivity contribution is 0.0953. The third kappa shape index (κ3) is 3.24. The van der Waals surface area contributed by atoms with Crippen LogP contribution in [0.5, 0.6) is 0 Å². The summed E-state index contributed by atoms with van der Waals surface area (Å²) in [5.74, 6) is 2.95. The Kier molecular flexibility index (Phi) is 4.54. The minimum Gasteiger partial charge on any atom is -0.395 e. The van der Waals surface area contributed by atoms with E-state index in [1.807, 2.05) is 12.1 Å². The van der Waals surface area contributed by atoms with Crippen LogP contribution in [0.4, 0.5) is 0 Å². The first-order valence-corrected chi connectivity index (χ1v) is 9.77. The lowest BCUT2D eigenvalue weighted by atomic mass is 9.94. The number of hydrogen-bond donors (Lipinski definition) is 1. The molecule has 0 radical (unpaired) electrons. The second-order valence-electron chi connectivity index (χ2n) is 6.55. The van der Waals surface area contributed by atoms with Crippen molar-refractivity contribution in [2.24, 2.45) is 11.8 Å². The quantitative estimate of drug-likeness (QED) is 0.807. The molecule has 4 rings (SSSR count). The number of aliphatic hydroxyl groups is 1. The van der Waals surface area contributed by atoms with Crippen LogP contribution in [0.25, 0.3) is 10.7 Å². The summed E-state index contributed by atoms with van der Waals surface area (Å²) < 4.78 is 6.51. The molecule has 23 heavy (non-hydrogen) atoms. The van der Waals surface area contributed by atoms with Crippen molar-refractivity contribution in [3.8, 4) is 10.7 Å². The topological polar surface area (TPSA) is 62.4 Å². The van der Waals surface area contributed by atoms with Crippen LogP contribution < -0.4 is 0 Å². The normalized spacial score (nSPS) is 26.5. The Morgan fingerprint density at radius 3 is 2.91 bits per heavy atom. The van der Waals surface area contributed by atoms with Crippen molar-refractivity contribution in [3.05, 3.63) is 21.8 Å². The molecule has 3 atom stereocenters. The van der Waals surface area contributed by atoms with Crippen LogP contribution in [0.1, 0.15) is 31.6 Å². The second kappa shape index (κ2) is 6.63. The molecule has 0 spiro atoms. The summed E-state index contributed by atoms with van der Waals surface area (Å²) in [5, 5.41) is 13.5. The predicted octanol–water partition coefficient (Wildman–Crippen LogP) is 3.54. The largest absolute Gasteiger partial charge is 0.395 e. The molecule has 2 fully saturated rings. The van der Waals surface area contributed by atoms with E-state index in [0.717, 1.165) is 20.5 Å². The lowest BCUT2D eigenvalue weighted by Crippen LogP contribution is -2.40. The third-order valence-corrected chi connectivity index (χ3v) is 6.78. The molecule has 2 bridgehead atoms. The zero-order valence-corrected chi connectivity index (χ0v) is 15.2. The van der Waals surface area contributed by atoms with Crippen molar-refractivity contribution in [1.82, 2.24) is 15.0 Å².